The van der Waals surface area contributed by atoms with Crippen molar-refractivity contribution in [1.82, 2.24) is 20.6 Å². The molecule has 0 aliphatic rings. The van der Waals surface area contributed by atoms with E-state index in [9.17, 15) is 14.4 Å². The second-order valence-corrected chi connectivity index (χ2v) is 5.51. The predicted octanol–water partition coefficient (Wildman–Crippen LogP) is -2.98. The number of aliphatic carboxylic acids is 1. The van der Waals surface area contributed by atoms with Crippen LogP contribution in [0.4, 0.5) is 0 Å². The molecule has 1 aromatic heterocycles. The molecule has 12 heteroatoms. The van der Waals surface area contributed by atoms with Gasteiger partial charge in [-0.15, -0.1) is 0 Å². The van der Waals surface area contributed by atoms with E-state index in [1.54, 1.807) is 0 Å². The summed E-state index contributed by atoms with van der Waals surface area (Å²) in [5, 5.41) is 13.8. The van der Waals surface area contributed by atoms with Crippen molar-refractivity contribution in [3.63, 3.8) is 0 Å². The number of nitrogens with one attached hydrogen (secondary N) is 3. The molecule has 144 valence electrons. The highest BCUT2D eigenvalue weighted by molar-refractivity contribution is 5.89. The van der Waals surface area contributed by atoms with Crippen molar-refractivity contribution in [3.05, 3.63) is 18.2 Å². The molecule has 2 atom stereocenters. The van der Waals surface area contributed by atoms with Crippen LogP contribution in [0.15, 0.2) is 17.5 Å². The van der Waals surface area contributed by atoms with Crippen LogP contribution in [-0.4, -0.2) is 64.0 Å². The number of carbonyl (C=O) groups excluding carboxylic acids is 2. The number of carboxylic acid groups (broad SMARTS) is 1. The third kappa shape index (κ3) is 8.10. The Morgan fingerprint density at radius 3 is 2.65 bits per heavy atom. The lowest BCUT2D eigenvalue weighted by Gasteiger charge is -2.15. The normalized spacial score (nSPS) is 12.7. The zero-order chi connectivity index (χ0) is 19.5. The molecule has 1 rings (SSSR count). The van der Waals surface area contributed by atoms with Crippen LogP contribution in [0.1, 0.15) is 18.5 Å². The summed E-state index contributed by atoms with van der Waals surface area (Å²) in [5.74, 6) is -2.40. The maximum atomic E-state index is 11.8. The van der Waals surface area contributed by atoms with Crippen molar-refractivity contribution >= 4 is 23.7 Å². The third-order valence-electron chi connectivity index (χ3n) is 3.34. The number of guanidine groups is 1. The molecular weight excluding hydrogens is 344 g/mol. The number of H-pyrrole nitrogens is 1. The van der Waals surface area contributed by atoms with Crippen LogP contribution in [-0.2, 0) is 20.8 Å². The molecule has 26 heavy (non-hydrogen) atoms. The molecule has 0 saturated heterocycles. The van der Waals surface area contributed by atoms with Gasteiger partial charge in [0.25, 0.3) is 0 Å². The molecule has 0 radical (unpaired) electrons. The van der Waals surface area contributed by atoms with Gasteiger partial charge in [0, 0.05) is 24.9 Å². The van der Waals surface area contributed by atoms with Crippen LogP contribution >= 0.6 is 0 Å². The summed E-state index contributed by atoms with van der Waals surface area (Å²) in [7, 11) is 0. The van der Waals surface area contributed by atoms with E-state index in [1.165, 1.54) is 12.5 Å². The number of rotatable bonds is 11. The van der Waals surface area contributed by atoms with Gasteiger partial charge in [0.15, 0.2) is 5.96 Å². The van der Waals surface area contributed by atoms with Crippen LogP contribution < -0.4 is 27.8 Å². The highest BCUT2D eigenvalue weighted by Crippen LogP contribution is 1.99. The van der Waals surface area contributed by atoms with E-state index < -0.39 is 29.9 Å². The molecule has 1 heterocycles. The predicted molar refractivity (Wildman–Crippen MR) is 92.8 cm³/mol. The number of hydrogen-bond donors (Lipinski definition) is 7. The van der Waals surface area contributed by atoms with Crippen LogP contribution in [0.5, 0.6) is 0 Å². The van der Waals surface area contributed by atoms with Crippen molar-refractivity contribution in [2.24, 2.45) is 22.2 Å². The molecular formula is C14H24N8O4. The first-order valence-corrected chi connectivity index (χ1v) is 7.87. The molecule has 10 N–H and O–H groups in total. The van der Waals surface area contributed by atoms with E-state index >= 15 is 0 Å². The summed E-state index contributed by atoms with van der Waals surface area (Å²) < 4.78 is 0. The number of imidazole rings is 1. The first-order chi connectivity index (χ1) is 12.3. The van der Waals surface area contributed by atoms with E-state index in [-0.39, 0.29) is 18.9 Å². The number of nitrogens with zero attached hydrogens (tertiary/aromatic N) is 2. The second-order valence-electron chi connectivity index (χ2n) is 5.51. The van der Waals surface area contributed by atoms with E-state index in [2.05, 4.69) is 25.6 Å². The highest BCUT2D eigenvalue weighted by Gasteiger charge is 2.21. The molecule has 12 nitrogen and oxygen atoms in total. The van der Waals surface area contributed by atoms with Crippen LogP contribution in [0, 0.1) is 0 Å². The van der Waals surface area contributed by atoms with Crippen molar-refractivity contribution in [1.29, 1.82) is 0 Å². The summed E-state index contributed by atoms with van der Waals surface area (Å²) in [6.45, 7) is -0.0368. The van der Waals surface area contributed by atoms with E-state index in [4.69, 9.17) is 22.3 Å². The molecule has 0 saturated carbocycles. The largest absolute Gasteiger partial charge is 0.480 e. The number of nitrogens with two attached hydrogens (primary N) is 3. The Hall–Kier alpha value is -3.15. The standard InChI is InChI=1S/C14H24N8O4/c15-9(2-1-3-19-14(16)17)12(24)20-6-11(23)22-10(13(25)26)4-8-5-18-7-21-8/h5,7,9-10H,1-4,6,15H2,(H,18,21)(H,20,24)(H,22,23)(H,25,26)(H4,16,17,19). The summed E-state index contributed by atoms with van der Waals surface area (Å²) in [6, 6.07) is -1.97. The highest BCUT2D eigenvalue weighted by atomic mass is 16.4. The molecule has 0 spiro atoms. The van der Waals surface area contributed by atoms with Crippen molar-refractivity contribution in [2.75, 3.05) is 13.1 Å². The maximum Gasteiger partial charge on any atom is 0.326 e. The lowest BCUT2D eigenvalue weighted by molar-refractivity contribution is -0.141. The fraction of sp³-hybridized carbons (Fsp3) is 0.500. The minimum atomic E-state index is -1.20. The zero-order valence-electron chi connectivity index (χ0n) is 14.1. The van der Waals surface area contributed by atoms with Gasteiger partial charge in [-0.3, -0.25) is 14.6 Å². The number of carbonyl (C=O) groups is 3. The topological polar surface area (TPSA) is 215 Å². The monoisotopic (exact) mass is 368 g/mol. The van der Waals surface area contributed by atoms with Gasteiger partial charge >= 0.3 is 5.97 Å². The Morgan fingerprint density at radius 1 is 1.35 bits per heavy atom. The third-order valence-corrected chi connectivity index (χ3v) is 3.34. The first-order valence-electron chi connectivity index (χ1n) is 7.87. The summed E-state index contributed by atoms with van der Waals surface area (Å²) in [6.07, 6.45) is 3.75. The Labute approximate surface area is 149 Å². The Bertz CT molecular complexity index is 627. The minimum absolute atomic E-state index is 0.0391. The van der Waals surface area contributed by atoms with Gasteiger partial charge < -0.3 is 37.9 Å². The maximum absolute atomic E-state index is 11.8. The summed E-state index contributed by atoms with van der Waals surface area (Å²) in [4.78, 5) is 45.2. The summed E-state index contributed by atoms with van der Waals surface area (Å²) in [5.41, 5.74) is 16.6. The molecule has 0 bridgehead atoms. The van der Waals surface area contributed by atoms with Gasteiger partial charge in [0.05, 0.1) is 18.9 Å². The quantitative estimate of drug-likeness (QED) is 0.121. The average Bonchev–Trinajstić information content (AvgIpc) is 3.08. The van der Waals surface area contributed by atoms with Crippen LogP contribution in [0.3, 0.4) is 0 Å². The average molecular weight is 368 g/mol. The number of amides is 2. The first kappa shape index (κ1) is 20.9. The van der Waals surface area contributed by atoms with Gasteiger partial charge in [-0.25, -0.2) is 9.78 Å². The van der Waals surface area contributed by atoms with E-state index in [0.29, 0.717) is 25.1 Å². The van der Waals surface area contributed by atoms with Crippen molar-refractivity contribution in [2.45, 2.75) is 31.3 Å². The van der Waals surface area contributed by atoms with Gasteiger partial charge in [-0.05, 0) is 12.8 Å². The van der Waals surface area contributed by atoms with Crippen LogP contribution in [0.25, 0.3) is 0 Å². The molecule has 0 fully saturated rings. The molecule has 2 amide bonds. The lowest BCUT2D eigenvalue weighted by Crippen LogP contribution is -2.49. The van der Waals surface area contributed by atoms with Gasteiger partial charge in [0.1, 0.15) is 6.04 Å². The van der Waals surface area contributed by atoms with E-state index in [1.807, 2.05) is 0 Å². The molecule has 2 unspecified atom stereocenters. The Morgan fingerprint density at radius 2 is 2.08 bits per heavy atom. The van der Waals surface area contributed by atoms with Gasteiger partial charge in [-0.2, -0.15) is 0 Å². The number of aromatic nitrogens is 2. The fourth-order valence-corrected chi connectivity index (χ4v) is 2.01. The SMILES string of the molecule is NC(N)=NCCCC(N)C(=O)NCC(=O)NC(Cc1cnc[nH]1)C(=O)O. The minimum Gasteiger partial charge on any atom is -0.480 e. The number of aliphatic imine (C=N–C) groups is 1. The van der Waals surface area contributed by atoms with Crippen molar-refractivity contribution in [3.8, 4) is 0 Å². The number of aromatic amines is 1. The second kappa shape index (κ2) is 10.7. The van der Waals surface area contributed by atoms with Gasteiger partial charge in [0.2, 0.25) is 11.8 Å². The lowest BCUT2D eigenvalue weighted by atomic mass is 10.1. The van der Waals surface area contributed by atoms with Gasteiger partial charge in [-0.1, -0.05) is 0 Å². The number of hydrogen-bond acceptors (Lipinski definition) is 6. The summed E-state index contributed by atoms with van der Waals surface area (Å²) >= 11 is 0. The molecule has 0 aliphatic heterocycles. The molecule has 1 aromatic rings. The van der Waals surface area contributed by atoms with E-state index in [0.717, 1.165) is 0 Å². The molecule has 0 aliphatic carbocycles. The smallest absolute Gasteiger partial charge is 0.326 e. The zero-order valence-corrected chi connectivity index (χ0v) is 14.1. The van der Waals surface area contributed by atoms with Crippen molar-refractivity contribution < 1.29 is 19.5 Å². The number of carboxylic acids is 1. The Kier molecular flexibility index (Phi) is 8.57. The fourth-order valence-electron chi connectivity index (χ4n) is 2.01. The van der Waals surface area contributed by atoms with Crippen LogP contribution in [0.2, 0.25) is 0 Å². The molecule has 0 aromatic carbocycles. The Balaban J connectivity index is 2.35.